The second kappa shape index (κ2) is 7.77. The zero-order valence-corrected chi connectivity index (χ0v) is 16.7. The summed E-state index contributed by atoms with van der Waals surface area (Å²) in [5.74, 6) is -0.0339. The molecule has 0 aliphatic heterocycles. The Bertz CT molecular complexity index is 1300. The molecular weight excluding hydrogens is 410 g/mol. The fourth-order valence-electron chi connectivity index (χ4n) is 3.02. The van der Waals surface area contributed by atoms with Gasteiger partial charge in [-0.15, -0.1) is 0 Å². The number of sulfone groups is 1. The van der Waals surface area contributed by atoms with Gasteiger partial charge in [-0.05, 0) is 42.3 Å². The molecule has 0 saturated carbocycles. The van der Waals surface area contributed by atoms with Gasteiger partial charge in [0, 0.05) is 23.6 Å². The van der Waals surface area contributed by atoms with E-state index in [0.717, 1.165) is 10.9 Å². The molecule has 146 valence electrons. The van der Waals surface area contributed by atoms with E-state index in [-0.39, 0.29) is 20.6 Å². The van der Waals surface area contributed by atoms with Crippen LogP contribution in [0.4, 0.5) is 0 Å². The van der Waals surface area contributed by atoms with Crippen LogP contribution in [0.15, 0.2) is 76.8 Å². The first kappa shape index (κ1) is 19.3. The van der Waals surface area contributed by atoms with Crippen LogP contribution >= 0.6 is 11.6 Å². The van der Waals surface area contributed by atoms with Gasteiger partial charge >= 0.3 is 0 Å². The van der Waals surface area contributed by atoms with Gasteiger partial charge in [0.2, 0.25) is 9.84 Å². The molecule has 0 unspecified atom stereocenters. The first-order valence-electron chi connectivity index (χ1n) is 8.86. The van der Waals surface area contributed by atoms with Gasteiger partial charge in [0.15, 0.2) is 11.4 Å². The topological polar surface area (TPSA) is 92.8 Å². The Morgan fingerprint density at radius 3 is 2.55 bits per heavy atom. The standard InChI is InChI=1S/C21H16ClN3O3S/c22-18-3-1-2-4-20(18)29(27,28)17-8-5-14(6-9-17)7-10-19(26)15-11-16-13-24-25-21(16)23-12-15/h1-6,8-9,11-13H,7,10H2,(H,23,24,25). The summed E-state index contributed by atoms with van der Waals surface area (Å²) in [5, 5.41) is 7.61. The largest absolute Gasteiger partial charge is 0.294 e. The van der Waals surface area contributed by atoms with Crippen LogP contribution < -0.4 is 0 Å². The molecule has 1 N–H and O–H groups in total. The number of hydrogen-bond donors (Lipinski definition) is 1. The summed E-state index contributed by atoms with van der Waals surface area (Å²) in [6, 6.07) is 14.6. The first-order chi connectivity index (χ1) is 13.9. The molecule has 6 nitrogen and oxygen atoms in total. The average molecular weight is 426 g/mol. The Hall–Kier alpha value is -3.03. The number of fused-ring (bicyclic) bond motifs is 1. The lowest BCUT2D eigenvalue weighted by molar-refractivity contribution is 0.0982. The van der Waals surface area contributed by atoms with E-state index in [4.69, 9.17) is 11.6 Å². The number of nitrogens with one attached hydrogen (secondary N) is 1. The lowest BCUT2D eigenvalue weighted by atomic mass is 10.0. The highest BCUT2D eigenvalue weighted by molar-refractivity contribution is 7.91. The highest BCUT2D eigenvalue weighted by Gasteiger charge is 2.20. The van der Waals surface area contributed by atoms with Crippen LogP contribution in [0.2, 0.25) is 5.02 Å². The number of ketones is 1. The molecule has 4 aromatic rings. The minimum atomic E-state index is -3.69. The van der Waals surface area contributed by atoms with Crippen molar-refractivity contribution < 1.29 is 13.2 Å². The number of carbonyl (C=O) groups is 1. The smallest absolute Gasteiger partial charge is 0.208 e. The van der Waals surface area contributed by atoms with E-state index in [9.17, 15) is 13.2 Å². The fourth-order valence-corrected chi connectivity index (χ4v) is 4.79. The minimum absolute atomic E-state index is 0.0339. The molecule has 0 aliphatic rings. The summed E-state index contributed by atoms with van der Waals surface area (Å²) in [6.07, 6.45) is 3.94. The van der Waals surface area contributed by atoms with Gasteiger partial charge in [-0.25, -0.2) is 13.4 Å². The summed E-state index contributed by atoms with van der Waals surface area (Å²) < 4.78 is 25.5. The second-order valence-corrected chi connectivity index (χ2v) is 8.86. The number of aromatic amines is 1. The Morgan fingerprint density at radius 1 is 1.03 bits per heavy atom. The third-order valence-corrected chi connectivity index (χ3v) is 6.88. The van der Waals surface area contributed by atoms with E-state index >= 15 is 0 Å². The van der Waals surface area contributed by atoms with E-state index in [1.165, 1.54) is 24.4 Å². The molecule has 0 atom stereocenters. The summed E-state index contributed by atoms with van der Waals surface area (Å²) >= 11 is 6.03. The quantitative estimate of drug-likeness (QED) is 0.466. The van der Waals surface area contributed by atoms with Crippen LogP contribution in [0.5, 0.6) is 0 Å². The molecule has 0 amide bonds. The number of pyridine rings is 1. The summed E-state index contributed by atoms with van der Waals surface area (Å²) in [6.45, 7) is 0. The molecule has 2 aromatic carbocycles. The minimum Gasteiger partial charge on any atom is -0.294 e. The predicted octanol–water partition coefficient (Wildman–Crippen LogP) is 4.26. The lowest BCUT2D eigenvalue weighted by Gasteiger charge is -2.08. The van der Waals surface area contributed by atoms with E-state index in [0.29, 0.717) is 24.1 Å². The summed E-state index contributed by atoms with van der Waals surface area (Å²) in [7, 11) is -3.69. The second-order valence-electron chi connectivity index (χ2n) is 6.53. The number of carbonyl (C=O) groups excluding carboxylic acids is 1. The van der Waals surface area contributed by atoms with Gasteiger partial charge in [0.05, 0.1) is 21.0 Å². The van der Waals surface area contributed by atoms with Crippen LogP contribution in [-0.2, 0) is 16.3 Å². The van der Waals surface area contributed by atoms with Crippen molar-refractivity contribution in [2.24, 2.45) is 0 Å². The van der Waals surface area contributed by atoms with E-state index in [1.54, 1.807) is 42.6 Å². The van der Waals surface area contributed by atoms with Crippen LogP contribution in [0.25, 0.3) is 11.0 Å². The molecule has 0 fully saturated rings. The van der Waals surface area contributed by atoms with Crippen molar-refractivity contribution >= 4 is 38.3 Å². The van der Waals surface area contributed by atoms with Gasteiger partial charge in [-0.1, -0.05) is 35.9 Å². The fraction of sp³-hybridized carbons (Fsp3) is 0.0952. The van der Waals surface area contributed by atoms with Gasteiger partial charge in [-0.2, -0.15) is 5.10 Å². The zero-order valence-electron chi connectivity index (χ0n) is 15.2. The molecule has 2 heterocycles. The van der Waals surface area contributed by atoms with E-state index in [2.05, 4.69) is 15.2 Å². The SMILES string of the molecule is O=C(CCc1ccc(S(=O)(=O)c2ccccc2Cl)cc1)c1cnc2[nH]ncc2c1. The molecule has 0 aliphatic carbocycles. The number of H-pyrrole nitrogens is 1. The Kier molecular flexibility index (Phi) is 5.17. The van der Waals surface area contributed by atoms with Crippen molar-refractivity contribution in [2.45, 2.75) is 22.6 Å². The van der Waals surface area contributed by atoms with Crippen LogP contribution in [0, 0.1) is 0 Å². The van der Waals surface area contributed by atoms with E-state index < -0.39 is 9.84 Å². The van der Waals surface area contributed by atoms with Crippen molar-refractivity contribution in [2.75, 3.05) is 0 Å². The number of aryl methyl sites for hydroxylation is 1. The van der Waals surface area contributed by atoms with Crippen molar-refractivity contribution in [3.63, 3.8) is 0 Å². The number of benzene rings is 2. The zero-order chi connectivity index (χ0) is 20.4. The molecule has 0 bridgehead atoms. The molecule has 4 rings (SSSR count). The molecular formula is C21H16ClN3O3S. The molecule has 0 radical (unpaired) electrons. The number of hydrogen-bond acceptors (Lipinski definition) is 5. The van der Waals surface area contributed by atoms with Gasteiger partial charge < -0.3 is 0 Å². The molecule has 29 heavy (non-hydrogen) atoms. The highest BCUT2D eigenvalue weighted by atomic mass is 35.5. The van der Waals surface area contributed by atoms with Crippen LogP contribution in [0.3, 0.4) is 0 Å². The Morgan fingerprint density at radius 2 is 1.79 bits per heavy atom. The molecule has 2 aromatic heterocycles. The highest BCUT2D eigenvalue weighted by Crippen LogP contribution is 2.27. The first-order valence-corrected chi connectivity index (χ1v) is 10.7. The van der Waals surface area contributed by atoms with Crippen LogP contribution in [-0.4, -0.2) is 29.4 Å². The van der Waals surface area contributed by atoms with Crippen molar-refractivity contribution in [3.8, 4) is 0 Å². The monoisotopic (exact) mass is 425 g/mol. The maximum atomic E-state index is 12.7. The number of aromatic nitrogens is 3. The Labute approximate surface area is 172 Å². The maximum absolute atomic E-state index is 12.7. The van der Waals surface area contributed by atoms with Crippen molar-refractivity contribution in [1.82, 2.24) is 15.2 Å². The molecule has 0 saturated heterocycles. The van der Waals surface area contributed by atoms with Crippen molar-refractivity contribution in [1.29, 1.82) is 0 Å². The normalized spacial score (nSPS) is 11.6. The number of rotatable bonds is 6. The van der Waals surface area contributed by atoms with E-state index in [1.807, 2.05) is 0 Å². The van der Waals surface area contributed by atoms with Gasteiger partial charge in [-0.3, -0.25) is 9.89 Å². The van der Waals surface area contributed by atoms with Crippen molar-refractivity contribution in [3.05, 3.63) is 83.1 Å². The number of nitrogens with zero attached hydrogens (tertiary/aromatic N) is 2. The Balaban J connectivity index is 1.47. The number of halogens is 1. The molecule has 0 spiro atoms. The summed E-state index contributed by atoms with van der Waals surface area (Å²) in [5.41, 5.74) is 2.03. The maximum Gasteiger partial charge on any atom is 0.208 e. The third kappa shape index (κ3) is 3.92. The molecule has 8 heteroatoms. The predicted molar refractivity (Wildman–Crippen MR) is 110 cm³/mol. The lowest BCUT2D eigenvalue weighted by Crippen LogP contribution is -2.04. The number of Topliss-reactive ketones (excluding diaryl/α,β-unsaturated/α-hetero) is 1. The average Bonchev–Trinajstić information content (AvgIpc) is 3.20. The third-order valence-electron chi connectivity index (χ3n) is 4.61. The van der Waals surface area contributed by atoms with Gasteiger partial charge in [0.25, 0.3) is 0 Å². The van der Waals surface area contributed by atoms with Crippen LogP contribution in [0.1, 0.15) is 22.3 Å². The van der Waals surface area contributed by atoms with Gasteiger partial charge in [0.1, 0.15) is 0 Å². The summed E-state index contributed by atoms with van der Waals surface area (Å²) in [4.78, 5) is 16.9.